The van der Waals surface area contributed by atoms with E-state index in [1.54, 1.807) is 0 Å². The minimum atomic E-state index is 0.337. The number of rotatable bonds is 8. The average molecular weight is 227 g/mol. The van der Waals surface area contributed by atoms with E-state index in [2.05, 4.69) is 25.7 Å². The van der Waals surface area contributed by atoms with Gasteiger partial charge in [-0.05, 0) is 31.1 Å². The van der Waals surface area contributed by atoms with Crippen molar-refractivity contribution in [1.82, 2.24) is 4.90 Å². The van der Waals surface area contributed by atoms with Crippen LogP contribution in [0.25, 0.3) is 0 Å². The van der Waals surface area contributed by atoms with Crippen LogP contribution in [0.3, 0.4) is 0 Å². The highest BCUT2D eigenvalue weighted by molar-refractivity contribution is 4.96. The minimum absolute atomic E-state index is 0.337. The SMILES string of the molecule is CCCC1(CCC)CN(C(CC)CCO)C1. The molecule has 1 saturated heterocycles. The third-order valence-corrected chi connectivity index (χ3v) is 4.09. The third kappa shape index (κ3) is 3.21. The highest BCUT2D eigenvalue weighted by atomic mass is 16.3. The van der Waals surface area contributed by atoms with Gasteiger partial charge < -0.3 is 5.11 Å². The molecule has 0 spiro atoms. The summed E-state index contributed by atoms with van der Waals surface area (Å²) in [5.74, 6) is 0. The Morgan fingerprint density at radius 3 is 2.06 bits per heavy atom. The van der Waals surface area contributed by atoms with Crippen LogP contribution in [0, 0.1) is 5.41 Å². The van der Waals surface area contributed by atoms with Crippen molar-refractivity contribution in [3.63, 3.8) is 0 Å². The molecule has 1 heterocycles. The topological polar surface area (TPSA) is 23.5 Å². The van der Waals surface area contributed by atoms with E-state index in [0.29, 0.717) is 18.1 Å². The third-order valence-electron chi connectivity index (χ3n) is 4.09. The fourth-order valence-electron chi connectivity index (χ4n) is 3.37. The zero-order valence-corrected chi connectivity index (χ0v) is 11.3. The Kier molecular flexibility index (Phi) is 5.77. The zero-order valence-electron chi connectivity index (χ0n) is 11.3. The highest BCUT2D eigenvalue weighted by Crippen LogP contribution is 2.41. The first kappa shape index (κ1) is 14.0. The first-order valence-corrected chi connectivity index (χ1v) is 7.06. The lowest BCUT2D eigenvalue weighted by Gasteiger charge is -2.54. The van der Waals surface area contributed by atoms with Crippen molar-refractivity contribution in [2.45, 2.75) is 65.3 Å². The van der Waals surface area contributed by atoms with E-state index in [9.17, 15) is 0 Å². The number of nitrogens with zero attached hydrogens (tertiary/aromatic N) is 1. The van der Waals surface area contributed by atoms with Gasteiger partial charge in [0.15, 0.2) is 0 Å². The Balaban J connectivity index is 2.41. The summed E-state index contributed by atoms with van der Waals surface area (Å²) in [4.78, 5) is 2.58. The molecule has 1 atom stereocenters. The summed E-state index contributed by atoms with van der Waals surface area (Å²) in [6.45, 7) is 9.71. The Labute approximate surface area is 101 Å². The second-order valence-electron chi connectivity index (χ2n) is 5.48. The molecule has 96 valence electrons. The molecule has 0 aliphatic carbocycles. The molecule has 1 N–H and O–H groups in total. The van der Waals surface area contributed by atoms with Crippen LogP contribution in [0.5, 0.6) is 0 Å². The molecule has 16 heavy (non-hydrogen) atoms. The molecular formula is C14H29NO. The van der Waals surface area contributed by atoms with Crippen molar-refractivity contribution in [2.75, 3.05) is 19.7 Å². The first-order chi connectivity index (χ1) is 7.71. The maximum absolute atomic E-state index is 9.05. The van der Waals surface area contributed by atoms with Crippen molar-refractivity contribution in [1.29, 1.82) is 0 Å². The molecule has 0 saturated carbocycles. The van der Waals surface area contributed by atoms with E-state index < -0.39 is 0 Å². The summed E-state index contributed by atoms with van der Waals surface area (Å²) in [5, 5.41) is 9.05. The van der Waals surface area contributed by atoms with Crippen LogP contribution in [0.2, 0.25) is 0 Å². The normalized spacial score (nSPS) is 21.8. The second-order valence-corrected chi connectivity index (χ2v) is 5.48. The quantitative estimate of drug-likeness (QED) is 0.689. The highest BCUT2D eigenvalue weighted by Gasteiger charge is 2.43. The Morgan fingerprint density at radius 1 is 1.12 bits per heavy atom. The second kappa shape index (κ2) is 6.61. The van der Waals surface area contributed by atoms with Gasteiger partial charge in [-0.25, -0.2) is 0 Å². The summed E-state index contributed by atoms with van der Waals surface area (Å²) >= 11 is 0. The fourth-order valence-corrected chi connectivity index (χ4v) is 3.37. The average Bonchev–Trinajstić information content (AvgIpc) is 2.22. The van der Waals surface area contributed by atoms with Gasteiger partial charge >= 0.3 is 0 Å². The van der Waals surface area contributed by atoms with Gasteiger partial charge in [0.05, 0.1) is 0 Å². The number of hydrogen-bond donors (Lipinski definition) is 1. The van der Waals surface area contributed by atoms with Crippen molar-refractivity contribution in [2.24, 2.45) is 5.41 Å². The largest absolute Gasteiger partial charge is 0.396 e. The summed E-state index contributed by atoms with van der Waals surface area (Å²) in [6, 6.07) is 0.617. The number of likely N-dealkylation sites (tertiary alicyclic amines) is 1. The van der Waals surface area contributed by atoms with Gasteiger partial charge in [-0.15, -0.1) is 0 Å². The van der Waals surface area contributed by atoms with Gasteiger partial charge in [-0.2, -0.15) is 0 Å². The molecule has 1 unspecified atom stereocenters. The van der Waals surface area contributed by atoms with Gasteiger partial charge in [0.1, 0.15) is 0 Å². The van der Waals surface area contributed by atoms with E-state index in [-0.39, 0.29) is 0 Å². The van der Waals surface area contributed by atoms with Crippen molar-refractivity contribution >= 4 is 0 Å². The predicted molar refractivity (Wildman–Crippen MR) is 69.6 cm³/mol. The summed E-state index contributed by atoms with van der Waals surface area (Å²) in [5.41, 5.74) is 0.617. The van der Waals surface area contributed by atoms with Crippen molar-refractivity contribution < 1.29 is 5.11 Å². The number of hydrogen-bond acceptors (Lipinski definition) is 2. The Bertz CT molecular complexity index is 179. The molecule has 0 radical (unpaired) electrons. The van der Waals surface area contributed by atoms with E-state index in [1.807, 2.05) is 0 Å². The van der Waals surface area contributed by atoms with Crippen LogP contribution in [0.4, 0.5) is 0 Å². The zero-order chi connectivity index (χ0) is 12.0. The van der Waals surface area contributed by atoms with Crippen LogP contribution in [0.15, 0.2) is 0 Å². The molecule has 2 heteroatoms. The van der Waals surface area contributed by atoms with E-state index in [4.69, 9.17) is 5.11 Å². The van der Waals surface area contributed by atoms with Gasteiger partial charge in [0.25, 0.3) is 0 Å². The monoisotopic (exact) mass is 227 g/mol. The van der Waals surface area contributed by atoms with E-state index in [1.165, 1.54) is 45.2 Å². The van der Waals surface area contributed by atoms with Crippen molar-refractivity contribution in [3.05, 3.63) is 0 Å². The van der Waals surface area contributed by atoms with E-state index >= 15 is 0 Å². The van der Waals surface area contributed by atoms with Crippen LogP contribution in [-0.4, -0.2) is 35.7 Å². The van der Waals surface area contributed by atoms with E-state index in [0.717, 1.165) is 6.42 Å². The molecule has 0 aromatic heterocycles. The molecule has 1 rings (SSSR count). The number of aliphatic hydroxyl groups is 1. The molecule has 0 aromatic rings. The van der Waals surface area contributed by atoms with Crippen LogP contribution in [-0.2, 0) is 0 Å². The first-order valence-electron chi connectivity index (χ1n) is 7.06. The smallest absolute Gasteiger partial charge is 0.0445 e. The Hall–Kier alpha value is -0.0800. The number of aliphatic hydroxyl groups excluding tert-OH is 1. The molecule has 0 amide bonds. The lowest BCUT2D eigenvalue weighted by molar-refractivity contribution is -0.0499. The maximum atomic E-state index is 9.05. The molecule has 1 aliphatic heterocycles. The maximum Gasteiger partial charge on any atom is 0.0445 e. The predicted octanol–water partition coefficient (Wildman–Crippen LogP) is 3.05. The van der Waals surface area contributed by atoms with Crippen molar-refractivity contribution in [3.8, 4) is 0 Å². The van der Waals surface area contributed by atoms with Gasteiger partial charge in [-0.3, -0.25) is 4.90 Å². The Morgan fingerprint density at radius 2 is 1.69 bits per heavy atom. The minimum Gasteiger partial charge on any atom is -0.396 e. The molecule has 0 aromatic carbocycles. The fraction of sp³-hybridized carbons (Fsp3) is 1.00. The summed E-state index contributed by atoms with van der Waals surface area (Å²) < 4.78 is 0. The molecule has 1 fully saturated rings. The van der Waals surface area contributed by atoms with Crippen LogP contribution < -0.4 is 0 Å². The van der Waals surface area contributed by atoms with Gasteiger partial charge in [-0.1, -0.05) is 33.6 Å². The summed E-state index contributed by atoms with van der Waals surface area (Å²) in [7, 11) is 0. The van der Waals surface area contributed by atoms with Crippen LogP contribution in [0.1, 0.15) is 59.3 Å². The molecule has 0 bridgehead atoms. The molecule has 2 nitrogen and oxygen atoms in total. The molecule has 1 aliphatic rings. The lowest BCUT2D eigenvalue weighted by Crippen LogP contribution is -2.59. The lowest BCUT2D eigenvalue weighted by atomic mass is 9.71. The van der Waals surface area contributed by atoms with Crippen LogP contribution >= 0.6 is 0 Å². The standard InChI is InChI=1S/C14H29NO/c1-4-8-14(9-5-2)11-15(12-14)13(6-3)7-10-16/h13,16H,4-12H2,1-3H3. The van der Waals surface area contributed by atoms with Gasteiger partial charge in [0.2, 0.25) is 0 Å². The molecular weight excluding hydrogens is 198 g/mol. The van der Waals surface area contributed by atoms with Gasteiger partial charge in [0, 0.05) is 25.7 Å². The summed E-state index contributed by atoms with van der Waals surface area (Å²) in [6.07, 6.45) is 7.51.